The van der Waals surface area contributed by atoms with Crippen LogP contribution in [0.15, 0.2) is 24.4 Å². The van der Waals surface area contributed by atoms with Gasteiger partial charge in [-0.05, 0) is 56.1 Å². The minimum Gasteiger partial charge on any atom is -0.343 e. The second-order valence-electron chi connectivity index (χ2n) is 8.23. The fourth-order valence-electron chi connectivity index (χ4n) is 4.59. The summed E-state index contributed by atoms with van der Waals surface area (Å²) in [5.41, 5.74) is 0.963. The normalized spacial score (nSPS) is 22.1. The van der Waals surface area contributed by atoms with Gasteiger partial charge in [0.2, 0.25) is 5.91 Å². The van der Waals surface area contributed by atoms with Crippen LogP contribution in [-0.4, -0.2) is 38.8 Å². The smallest absolute Gasteiger partial charge is 0.222 e. The molecule has 7 heteroatoms. The summed E-state index contributed by atoms with van der Waals surface area (Å²) in [7, 11) is 0. The average Bonchev–Trinajstić information content (AvgIpc) is 3.25. The Morgan fingerprint density at radius 2 is 1.93 bits per heavy atom. The third kappa shape index (κ3) is 5.10. The summed E-state index contributed by atoms with van der Waals surface area (Å²) >= 11 is 5.95. The number of carbonyl (C=O) groups is 1. The van der Waals surface area contributed by atoms with E-state index in [0.29, 0.717) is 47.0 Å². The molecule has 1 amide bonds. The molecule has 2 atom stereocenters. The largest absolute Gasteiger partial charge is 0.343 e. The number of pyridine rings is 1. The van der Waals surface area contributed by atoms with Crippen molar-refractivity contribution in [2.45, 2.75) is 51.4 Å². The number of carbonyl (C=O) groups excluding carboxylic acids is 1. The number of hydrogen-bond acceptors (Lipinski definition) is 4. The quantitative estimate of drug-likeness (QED) is 0.663. The highest BCUT2D eigenvalue weighted by molar-refractivity contribution is 6.29. The van der Waals surface area contributed by atoms with E-state index in [2.05, 4.69) is 15.0 Å². The minimum absolute atomic E-state index is 0.288. The van der Waals surface area contributed by atoms with Crippen LogP contribution in [0.25, 0.3) is 11.5 Å². The molecule has 154 valence electrons. The van der Waals surface area contributed by atoms with Gasteiger partial charge in [-0.1, -0.05) is 30.5 Å². The molecule has 1 aliphatic carbocycles. The molecule has 1 aliphatic heterocycles. The number of likely N-dealkylation sites (tertiary alicyclic amines) is 1. The molecule has 0 N–H and O–H groups in total. The van der Waals surface area contributed by atoms with Crippen LogP contribution in [0.1, 0.15) is 50.6 Å². The average molecular weight is 417 g/mol. The predicted molar refractivity (Wildman–Crippen MR) is 110 cm³/mol. The first kappa shape index (κ1) is 20.2. The second kappa shape index (κ2) is 9.16. The third-order valence-electron chi connectivity index (χ3n) is 6.06. The number of rotatable bonds is 5. The summed E-state index contributed by atoms with van der Waals surface area (Å²) in [6.07, 6.45) is 8.81. The SMILES string of the molecule is O=C(C[C@@H]1CCC[C@H](Cc2nc(-c3cccc(Cl)n3)ncc2F)C1)N1CCCC1. The standard InChI is InChI=1S/C22H26ClFN4O/c23-20-8-4-7-18(26-20)22-25-14-17(24)19(27-22)12-15-5-3-6-16(11-15)13-21(29)28-9-1-2-10-28/h4,7-8,14-16H,1-3,5-6,9-13H2/t15-,16+/m0/s1. The van der Waals surface area contributed by atoms with Gasteiger partial charge in [-0.2, -0.15) is 0 Å². The first-order valence-electron chi connectivity index (χ1n) is 10.5. The summed E-state index contributed by atoms with van der Waals surface area (Å²) in [6.45, 7) is 1.81. The van der Waals surface area contributed by atoms with Crippen molar-refractivity contribution in [2.24, 2.45) is 11.8 Å². The molecule has 0 spiro atoms. The number of nitrogens with zero attached hydrogens (tertiary/aromatic N) is 4. The van der Waals surface area contributed by atoms with Crippen LogP contribution in [0.5, 0.6) is 0 Å². The summed E-state index contributed by atoms with van der Waals surface area (Å²) in [6, 6.07) is 5.23. The predicted octanol–water partition coefficient (Wildman–Crippen LogP) is 4.69. The molecular weight excluding hydrogens is 391 g/mol. The fraction of sp³-hybridized carbons (Fsp3) is 0.545. The van der Waals surface area contributed by atoms with Crippen LogP contribution in [0.3, 0.4) is 0 Å². The van der Waals surface area contributed by atoms with Gasteiger partial charge < -0.3 is 4.90 Å². The monoisotopic (exact) mass is 416 g/mol. The fourth-order valence-corrected chi connectivity index (χ4v) is 4.75. The highest BCUT2D eigenvalue weighted by Crippen LogP contribution is 2.34. The van der Waals surface area contributed by atoms with E-state index in [-0.39, 0.29) is 11.7 Å². The molecule has 2 fully saturated rings. The van der Waals surface area contributed by atoms with Crippen LogP contribution in [0.4, 0.5) is 4.39 Å². The molecule has 29 heavy (non-hydrogen) atoms. The van der Waals surface area contributed by atoms with Gasteiger partial charge in [0, 0.05) is 19.5 Å². The summed E-state index contributed by atoms with van der Waals surface area (Å²) < 4.78 is 14.4. The van der Waals surface area contributed by atoms with Gasteiger partial charge >= 0.3 is 0 Å². The molecule has 0 radical (unpaired) electrons. The van der Waals surface area contributed by atoms with E-state index in [1.807, 2.05) is 4.90 Å². The lowest BCUT2D eigenvalue weighted by Crippen LogP contribution is -2.31. The van der Waals surface area contributed by atoms with Gasteiger partial charge in [0.15, 0.2) is 11.6 Å². The Hall–Kier alpha value is -2.08. The molecule has 1 saturated carbocycles. The van der Waals surface area contributed by atoms with Gasteiger partial charge in [-0.25, -0.2) is 19.3 Å². The molecule has 2 aromatic heterocycles. The van der Waals surface area contributed by atoms with E-state index < -0.39 is 0 Å². The first-order chi connectivity index (χ1) is 14.1. The van der Waals surface area contributed by atoms with Crippen molar-refractivity contribution in [3.05, 3.63) is 41.1 Å². The van der Waals surface area contributed by atoms with Gasteiger partial charge in [-0.3, -0.25) is 4.79 Å². The van der Waals surface area contributed by atoms with E-state index in [1.54, 1.807) is 18.2 Å². The summed E-state index contributed by atoms with van der Waals surface area (Å²) in [4.78, 5) is 27.2. The Labute approximate surface area is 175 Å². The number of amides is 1. The maximum atomic E-state index is 14.4. The highest BCUT2D eigenvalue weighted by Gasteiger charge is 2.28. The van der Waals surface area contributed by atoms with E-state index in [0.717, 1.165) is 51.6 Å². The van der Waals surface area contributed by atoms with Crippen LogP contribution >= 0.6 is 11.6 Å². The van der Waals surface area contributed by atoms with Crippen LogP contribution in [0, 0.1) is 17.7 Å². The van der Waals surface area contributed by atoms with Gasteiger partial charge in [0.05, 0.1) is 11.9 Å². The lowest BCUT2D eigenvalue weighted by atomic mass is 9.77. The van der Waals surface area contributed by atoms with Crippen LogP contribution < -0.4 is 0 Å². The molecule has 0 bridgehead atoms. The Morgan fingerprint density at radius 3 is 2.72 bits per heavy atom. The molecule has 4 rings (SSSR count). The zero-order valence-corrected chi connectivity index (χ0v) is 17.2. The van der Waals surface area contributed by atoms with Crippen molar-refractivity contribution in [1.82, 2.24) is 19.9 Å². The van der Waals surface area contributed by atoms with Gasteiger partial charge in [0.25, 0.3) is 0 Å². The first-order valence-corrected chi connectivity index (χ1v) is 10.9. The van der Waals surface area contributed by atoms with E-state index in [9.17, 15) is 9.18 Å². The van der Waals surface area contributed by atoms with E-state index >= 15 is 0 Å². The summed E-state index contributed by atoms with van der Waals surface area (Å²) in [5.74, 6) is 1.02. The molecule has 0 aromatic carbocycles. The maximum Gasteiger partial charge on any atom is 0.222 e. The Balaban J connectivity index is 1.41. The lowest BCUT2D eigenvalue weighted by molar-refractivity contribution is -0.131. The highest BCUT2D eigenvalue weighted by atomic mass is 35.5. The van der Waals surface area contributed by atoms with Crippen molar-refractivity contribution in [3.63, 3.8) is 0 Å². The number of aromatic nitrogens is 3. The van der Waals surface area contributed by atoms with Crippen molar-refractivity contribution in [1.29, 1.82) is 0 Å². The Kier molecular flexibility index (Phi) is 6.38. The van der Waals surface area contributed by atoms with Crippen molar-refractivity contribution in [3.8, 4) is 11.5 Å². The minimum atomic E-state index is -0.383. The van der Waals surface area contributed by atoms with Gasteiger partial charge in [0.1, 0.15) is 10.8 Å². The number of hydrogen-bond donors (Lipinski definition) is 0. The van der Waals surface area contributed by atoms with E-state index in [1.165, 1.54) is 6.20 Å². The van der Waals surface area contributed by atoms with E-state index in [4.69, 9.17) is 11.6 Å². The number of halogens is 2. The molecular formula is C22H26ClFN4O. The Bertz CT molecular complexity index is 872. The maximum absolute atomic E-state index is 14.4. The molecule has 2 aromatic rings. The van der Waals surface area contributed by atoms with Crippen molar-refractivity contribution >= 4 is 17.5 Å². The zero-order chi connectivity index (χ0) is 20.2. The van der Waals surface area contributed by atoms with Crippen molar-refractivity contribution < 1.29 is 9.18 Å². The molecule has 2 aliphatic rings. The molecule has 3 heterocycles. The summed E-state index contributed by atoms with van der Waals surface area (Å²) in [5, 5.41) is 0.356. The zero-order valence-electron chi connectivity index (χ0n) is 16.5. The van der Waals surface area contributed by atoms with Gasteiger partial charge in [-0.15, -0.1) is 0 Å². The third-order valence-corrected chi connectivity index (χ3v) is 6.27. The van der Waals surface area contributed by atoms with Crippen LogP contribution in [0.2, 0.25) is 5.15 Å². The lowest BCUT2D eigenvalue weighted by Gasteiger charge is -2.30. The Morgan fingerprint density at radius 1 is 1.14 bits per heavy atom. The molecule has 1 saturated heterocycles. The second-order valence-corrected chi connectivity index (χ2v) is 8.62. The van der Waals surface area contributed by atoms with Crippen molar-refractivity contribution in [2.75, 3.05) is 13.1 Å². The van der Waals surface area contributed by atoms with Crippen LogP contribution in [-0.2, 0) is 11.2 Å². The topological polar surface area (TPSA) is 59.0 Å². The molecule has 5 nitrogen and oxygen atoms in total. The molecule has 0 unspecified atom stereocenters.